The van der Waals surface area contributed by atoms with Gasteiger partial charge in [-0.05, 0) is 45.3 Å². The maximum Gasteiger partial charge on any atom is 0.237 e. The highest BCUT2D eigenvalue weighted by Gasteiger charge is 2.20. The average molecular weight is 298 g/mol. The normalized spacial score (nSPS) is 23.9. The van der Waals surface area contributed by atoms with Crippen LogP contribution in [-0.4, -0.2) is 49.6 Å². The second-order valence-corrected chi connectivity index (χ2v) is 4.84. The molecule has 0 spiro atoms. The number of amides is 1. The third-order valence-corrected chi connectivity index (χ3v) is 3.55. The molecule has 1 atom stereocenters. The maximum atomic E-state index is 11.8. The Morgan fingerprint density at radius 3 is 2.50 bits per heavy atom. The van der Waals surface area contributed by atoms with E-state index in [1.54, 1.807) is 0 Å². The Balaban J connectivity index is 0.00000144. The first-order valence-corrected chi connectivity index (χ1v) is 6.60. The van der Waals surface area contributed by atoms with E-state index in [2.05, 4.69) is 15.5 Å². The highest BCUT2D eigenvalue weighted by atomic mass is 35.5. The molecule has 0 radical (unpaired) electrons. The standard InChI is InChI=1S/C12H23N3O.2ClH/c16-12(11-5-1-2-6-13-11)14-7-10-15-8-3-4-9-15;;/h11,13H,1-10H2,(H,14,16);2*1H. The Kier molecular flexibility index (Phi) is 9.83. The molecule has 1 unspecified atom stereocenters. The van der Waals surface area contributed by atoms with Crippen molar-refractivity contribution in [2.45, 2.75) is 38.1 Å². The van der Waals surface area contributed by atoms with Gasteiger partial charge in [0.15, 0.2) is 0 Å². The molecule has 0 aromatic heterocycles. The van der Waals surface area contributed by atoms with Gasteiger partial charge in [-0.1, -0.05) is 6.42 Å². The second kappa shape index (κ2) is 9.84. The molecule has 1 amide bonds. The summed E-state index contributed by atoms with van der Waals surface area (Å²) >= 11 is 0. The lowest BCUT2D eigenvalue weighted by Crippen LogP contribution is -2.48. The number of hydrogen-bond donors (Lipinski definition) is 2. The summed E-state index contributed by atoms with van der Waals surface area (Å²) in [4.78, 5) is 14.2. The number of piperidine rings is 1. The Morgan fingerprint density at radius 1 is 1.17 bits per heavy atom. The molecule has 2 aliphatic heterocycles. The quantitative estimate of drug-likeness (QED) is 0.819. The van der Waals surface area contributed by atoms with Crippen LogP contribution in [0.4, 0.5) is 0 Å². The Hall–Kier alpha value is -0.0300. The lowest BCUT2D eigenvalue weighted by Gasteiger charge is -2.23. The van der Waals surface area contributed by atoms with Gasteiger partial charge in [-0.2, -0.15) is 0 Å². The largest absolute Gasteiger partial charge is 0.353 e. The third kappa shape index (κ3) is 5.74. The molecular weight excluding hydrogens is 273 g/mol. The number of rotatable bonds is 4. The fourth-order valence-electron chi connectivity index (χ4n) is 2.54. The first kappa shape index (κ1) is 18.0. The third-order valence-electron chi connectivity index (χ3n) is 3.55. The highest BCUT2D eigenvalue weighted by Crippen LogP contribution is 2.07. The monoisotopic (exact) mass is 297 g/mol. The minimum absolute atomic E-state index is 0. The lowest BCUT2D eigenvalue weighted by atomic mass is 10.0. The first-order chi connectivity index (χ1) is 7.86. The van der Waals surface area contributed by atoms with Crippen molar-refractivity contribution in [1.82, 2.24) is 15.5 Å². The molecule has 2 rings (SSSR count). The van der Waals surface area contributed by atoms with E-state index in [0.29, 0.717) is 0 Å². The van der Waals surface area contributed by atoms with Crippen molar-refractivity contribution < 1.29 is 4.79 Å². The molecule has 0 bridgehead atoms. The van der Waals surface area contributed by atoms with Gasteiger partial charge in [-0.3, -0.25) is 4.79 Å². The van der Waals surface area contributed by atoms with Crippen LogP contribution in [-0.2, 0) is 4.79 Å². The summed E-state index contributed by atoms with van der Waals surface area (Å²) in [5.41, 5.74) is 0. The van der Waals surface area contributed by atoms with Gasteiger partial charge in [0.25, 0.3) is 0 Å². The summed E-state index contributed by atoms with van der Waals surface area (Å²) in [6.07, 6.45) is 6.01. The molecule has 2 heterocycles. The molecule has 4 nitrogen and oxygen atoms in total. The van der Waals surface area contributed by atoms with E-state index < -0.39 is 0 Å². The van der Waals surface area contributed by atoms with Gasteiger partial charge >= 0.3 is 0 Å². The zero-order valence-electron chi connectivity index (χ0n) is 10.8. The highest BCUT2D eigenvalue weighted by molar-refractivity contribution is 5.85. The Morgan fingerprint density at radius 2 is 1.89 bits per heavy atom. The van der Waals surface area contributed by atoms with E-state index >= 15 is 0 Å². The van der Waals surface area contributed by atoms with Gasteiger partial charge in [0, 0.05) is 13.1 Å². The molecule has 18 heavy (non-hydrogen) atoms. The molecule has 2 saturated heterocycles. The van der Waals surface area contributed by atoms with Crippen LogP contribution >= 0.6 is 24.8 Å². The number of likely N-dealkylation sites (tertiary alicyclic amines) is 1. The van der Waals surface area contributed by atoms with Crippen LogP contribution in [0.1, 0.15) is 32.1 Å². The van der Waals surface area contributed by atoms with Crippen molar-refractivity contribution >= 4 is 30.7 Å². The molecule has 2 N–H and O–H groups in total. The van der Waals surface area contributed by atoms with Crippen LogP contribution in [0, 0.1) is 0 Å². The topological polar surface area (TPSA) is 44.4 Å². The molecule has 2 fully saturated rings. The average Bonchev–Trinajstić information content (AvgIpc) is 2.83. The van der Waals surface area contributed by atoms with E-state index in [-0.39, 0.29) is 36.8 Å². The molecule has 0 aromatic carbocycles. The zero-order valence-corrected chi connectivity index (χ0v) is 12.5. The molecule has 108 valence electrons. The first-order valence-electron chi connectivity index (χ1n) is 6.60. The summed E-state index contributed by atoms with van der Waals surface area (Å²) in [7, 11) is 0. The van der Waals surface area contributed by atoms with Crippen molar-refractivity contribution in [3.63, 3.8) is 0 Å². The SMILES string of the molecule is Cl.Cl.O=C(NCCN1CCCC1)C1CCCCN1. The van der Waals surface area contributed by atoms with Crippen molar-refractivity contribution in [2.75, 3.05) is 32.7 Å². The molecule has 0 saturated carbocycles. The van der Waals surface area contributed by atoms with Crippen molar-refractivity contribution in [3.8, 4) is 0 Å². The van der Waals surface area contributed by atoms with E-state index in [0.717, 1.165) is 26.1 Å². The fourth-order valence-corrected chi connectivity index (χ4v) is 2.54. The summed E-state index contributed by atoms with van der Waals surface area (Å²) in [6.45, 7) is 5.22. The van der Waals surface area contributed by atoms with Crippen LogP contribution in [0.2, 0.25) is 0 Å². The number of nitrogens with zero attached hydrogens (tertiary/aromatic N) is 1. The van der Waals surface area contributed by atoms with Crippen LogP contribution in [0.25, 0.3) is 0 Å². The number of halogens is 2. The van der Waals surface area contributed by atoms with E-state index in [4.69, 9.17) is 0 Å². The van der Waals surface area contributed by atoms with Gasteiger partial charge in [-0.25, -0.2) is 0 Å². The Labute approximate surface area is 122 Å². The van der Waals surface area contributed by atoms with E-state index in [1.807, 2.05) is 0 Å². The van der Waals surface area contributed by atoms with Gasteiger partial charge < -0.3 is 15.5 Å². The maximum absolute atomic E-state index is 11.8. The van der Waals surface area contributed by atoms with Gasteiger partial charge in [0.05, 0.1) is 6.04 Å². The number of carbonyl (C=O) groups excluding carboxylic acids is 1. The van der Waals surface area contributed by atoms with Gasteiger partial charge in [0.1, 0.15) is 0 Å². The van der Waals surface area contributed by atoms with Crippen molar-refractivity contribution in [3.05, 3.63) is 0 Å². The second-order valence-electron chi connectivity index (χ2n) is 4.84. The predicted octanol–water partition coefficient (Wildman–Crippen LogP) is 1.18. The molecule has 0 aromatic rings. The van der Waals surface area contributed by atoms with Crippen LogP contribution in [0.15, 0.2) is 0 Å². The van der Waals surface area contributed by atoms with E-state index in [9.17, 15) is 4.79 Å². The zero-order chi connectivity index (χ0) is 11.2. The van der Waals surface area contributed by atoms with Gasteiger partial charge in [-0.15, -0.1) is 24.8 Å². The number of carbonyl (C=O) groups is 1. The number of nitrogens with one attached hydrogen (secondary N) is 2. The number of hydrogen-bond acceptors (Lipinski definition) is 3. The summed E-state index contributed by atoms with van der Waals surface area (Å²) in [5, 5.41) is 6.31. The molecule has 0 aliphatic carbocycles. The smallest absolute Gasteiger partial charge is 0.237 e. The summed E-state index contributed by atoms with van der Waals surface area (Å²) in [6, 6.07) is 0.0623. The minimum Gasteiger partial charge on any atom is -0.353 e. The minimum atomic E-state index is 0. The van der Waals surface area contributed by atoms with Crippen LogP contribution < -0.4 is 10.6 Å². The summed E-state index contributed by atoms with van der Waals surface area (Å²) in [5.74, 6) is 0.193. The fraction of sp³-hybridized carbons (Fsp3) is 0.917. The van der Waals surface area contributed by atoms with Crippen molar-refractivity contribution in [2.24, 2.45) is 0 Å². The van der Waals surface area contributed by atoms with Crippen LogP contribution in [0.3, 0.4) is 0 Å². The van der Waals surface area contributed by atoms with Gasteiger partial charge in [0.2, 0.25) is 5.91 Å². The van der Waals surface area contributed by atoms with E-state index in [1.165, 1.54) is 38.8 Å². The molecular formula is C12H25Cl2N3O. The van der Waals surface area contributed by atoms with Crippen LogP contribution in [0.5, 0.6) is 0 Å². The lowest BCUT2D eigenvalue weighted by molar-refractivity contribution is -0.123. The predicted molar refractivity (Wildman–Crippen MR) is 78.8 cm³/mol. The molecule has 6 heteroatoms. The molecule has 2 aliphatic rings. The summed E-state index contributed by atoms with van der Waals surface area (Å²) < 4.78 is 0. The van der Waals surface area contributed by atoms with Crippen molar-refractivity contribution in [1.29, 1.82) is 0 Å². The Bertz CT molecular complexity index is 229.